The molecule has 0 unspecified atom stereocenters. The van der Waals surface area contributed by atoms with Crippen LogP contribution in [0.3, 0.4) is 0 Å². The van der Waals surface area contributed by atoms with Crippen LogP contribution >= 0.6 is 31.9 Å². The second-order valence-electron chi connectivity index (χ2n) is 5.14. The molecule has 126 valence electrons. The van der Waals surface area contributed by atoms with Gasteiger partial charge in [0.05, 0.1) is 15.2 Å². The molecular formula is C17H16Br2N2O3. The molecule has 0 saturated carbocycles. The Balaban J connectivity index is 1.91. The second kappa shape index (κ2) is 8.30. The maximum atomic E-state index is 11.8. The van der Waals surface area contributed by atoms with Crippen LogP contribution in [0.5, 0.6) is 11.5 Å². The maximum absolute atomic E-state index is 11.8. The van der Waals surface area contributed by atoms with Gasteiger partial charge < -0.3 is 9.84 Å². The van der Waals surface area contributed by atoms with Gasteiger partial charge in [-0.05, 0) is 74.5 Å². The number of nitrogens with zero attached hydrogens (tertiary/aromatic N) is 1. The fraction of sp³-hybridized carbons (Fsp3) is 0.176. The molecule has 0 radical (unpaired) electrons. The smallest absolute Gasteiger partial charge is 0.277 e. The Morgan fingerprint density at radius 1 is 1.25 bits per heavy atom. The molecule has 0 aliphatic carbocycles. The number of carbonyl (C=O) groups excluding carboxylic acids is 1. The summed E-state index contributed by atoms with van der Waals surface area (Å²) < 4.78 is 6.61. The highest BCUT2D eigenvalue weighted by Gasteiger charge is 2.07. The Labute approximate surface area is 157 Å². The lowest BCUT2D eigenvalue weighted by Gasteiger charge is -2.10. The van der Waals surface area contributed by atoms with Gasteiger partial charge in [-0.15, -0.1) is 0 Å². The second-order valence-corrected chi connectivity index (χ2v) is 6.84. The number of aryl methyl sites for hydroxylation is 2. The summed E-state index contributed by atoms with van der Waals surface area (Å²) in [6, 6.07) is 9.17. The van der Waals surface area contributed by atoms with Crippen molar-refractivity contribution in [2.24, 2.45) is 5.10 Å². The summed E-state index contributed by atoms with van der Waals surface area (Å²) in [5.41, 5.74) is 5.07. The molecule has 2 rings (SSSR count). The molecule has 0 heterocycles. The third kappa shape index (κ3) is 4.82. The Morgan fingerprint density at radius 3 is 2.42 bits per heavy atom. The number of carbonyl (C=O) groups is 1. The standard InChI is InChI=1S/C17H16Br2N2O3/c1-10-4-3-5-11(2)17(10)24-9-15(22)21-20-8-12-6-13(18)16(23)14(19)7-12/h3-8,23H,9H2,1-2H3,(H,21,22)/b20-8+. The predicted molar refractivity (Wildman–Crippen MR) is 101 cm³/mol. The van der Waals surface area contributed by atoms with Gasteiger partial charge in [-0.25, -0.2) is 5.43 Å². The zero-order chi connectivity index (χ0) is 17.7. The fourth-order valence-corrected chi connectivity index (χ4v) is 3.26. The molecule has 0 fully saturated rings. The van der Waals surface area contributed by atoms with Crippen LogP contribution in [0.2, 0.25) is 0 Å². The first-order valence-electron chi connectivity index (χ1n) is 7.07. The molecular weight excluding hydrogens is 440 g/mol. The lowest BCUT2D eigenvalue weighted by atomic mass is 10.1. The van der Waals surface area contributed by atoms with E-state index in [2.05, 4.69) is 42.4 Å². The van der Waals surface area contributed by atoms with E-state index in [0.717, 1.165) is 11.1 Å². The highest BCUT2D eigenvalue weighted by atomic mass is 79.9. The Morgan fingerprint density at radius 2 is 1.83 bits per heavy atom. The number of halogens is 2. The maximum Gasteiger partial charge on any atom is 0.277 e. The summed E-state index contributed by atoms with van der Waals surface area (Å²) in [5.74, 6) is 0.465. The molecule has 0 bridgehead atoms. The molecule has 7 heteroatoms. The number of hydrogen-bond donors (Lipinski definition) is 2. The molecule has 0 aliphatic rings. The minimum Gasteiger partial charge on any atom is -0.506 e. The number of hydrazone groups is 1. The first-order valence-corrected chi connectivity index (χ1v) is 8.66. The SMILES string of the molecule is Cc1cccc(C)c1OCC(=O)N/N=C/c1cc(Br)c(O)c(Br)c1. The Bertz CT molecular complexity index is 748. The van der Waals surface area contributed by atoms with E-state index in [1.807, 2.05) is 32.0 Å². The molecule has 0 spiro atoms. The van der Waals surface area contributed by atoms with Crippen molar-refractivity contribution in [2.45, 2.75) is 13.8 Å². The van der Waals surface area contributed by atoms with Crippen molar-refractivity contribution in [3.63, 3.8) is 0 Å². The highest BCUT2D eigenvalue weighted by Crippen LogP contribution is 2.32. The van der Waals surface area contributed by atoms with Crippen LogP contribution in [0.4, 0.5) is 0 Å². The summed E-state index contributed by atoms with van der Waals surface area (Å²) in [6.07, 6.45) is 1.48. The number of amides is 1. The number of phenolic OH excluding ortho intramolecular Hbond substituents is 1. The number of rotatable bonds is 5. The largest absolute Gasteiger partial charge is 0.506 e. The summed E-state index contributed by atoms with van der Waals surface area (Å²) in [6.45, 7) is 3.74. The van der Waals surface area contributed by atoms with Crippen LogP contribution in [-0.4, -0.2) is 23.8 Å². The molecule has 2 aromatic rings. The van der Waals surface area contributed by atoms with Gasteiger partial charge in [0, 0.05) is 0 Å². The van der Waals surface area contributed by atoms with E-state index in [4.69, 9.17) is 4.74 Å². The van der Waals surface area contributed by atoms with Crippen molar-refractivity contribution in [3.05, 3.63) is 56.0 Å². The summed E-state index contributed by atoms with van der Waals surface area (Å²) in [7, 11) is 0. The molecule has 0 saturated heterocycles. The summed E-state index contributed by atoms with van der Waals surface area (Å²) >= 11 is 6.47. The zero-order valence-corrected chi connectivity index (χ0v) is 16.3. The first-order chi connectivity index (χ1) is 11.4. The van der Waals surface area contributed by atoms with Crippen LogP contribution in [0.25, 0.3) is 0 Å². The van der Waals surface area contributed by atoms with Crippen molar-refractivity contribution in [2.75, 3.05) is 6.61 Å². The van der Waals surface area contributed by atoms with Crippen molar-refractivity contribution in [3.8, 4) is 11.5 Å². The molecule has 24 heavy (non-hydrogen) atoms. The van der Waals surface area contributed by atoms with E-state index in [1.54, 1.807) is 12.1 Å². The van der Waals surface area contributed by atoms with Gasteiger partial charge in [0.1, 0.15) is 11.5 Å². The molecule has 0 aliphatic heterocycles. The van der Waals surface area contributed by atoms with Crippen molar-refractivity contribution >= 4 is 44.0 Å². The number of benzene rings is 2. The monoisotopic (exact) mass is 454 g/mol. The third-order valence-corrected chi connectivity index (χ3v) is 4.41. The topological polar surface area (TPSA) is 70.9 Å². The molecule has 2 N–H and O–H groups in total. The number of para-hydroxylation sites is 1. The van der Waals surface area contributed by atoms with E-state index in [-0.39, 0.29) is 18.3 Å². The van der Waals surface area contributed by atoms with Crippen LogP contribution < -0.4 is 10.2 Å². The number of aromatic hydroxyl groups is 1. The van der Waals surface area contributed by atoms with Crippen LogP contribution in [-0.2, 0) is 4.79 Å². The minimum atomic E-state index is -0.356. The van der Waals surface area contributed by atoms with Crippen molar-refractivity contribution in [1.29, 1.82) is 0 Å². The van der Waals surface area contributed by atoms with E-state index in [9.17, 15) is 9.90 Å². The number of hydrogen-bond acceptors (Lipinski definition) is 4. The Kier molecular flexibility index (Phi) is 6.39. The normalized spacial score (nSPS) is 10.8. The molecule has 0 atom stereocenters. The van der Waals surface area contributed by atoms with Gasteiger partial charge in [-0.1, -0.05) is 18.2 Å². The number of ether oxygens (including phenoxy) is 1. The number of phenols is 1. The van der Waals surface area contributed by atoms with Gasteiger partial charge >= 0.3 is 0 Å². The van der Waals surface area contributed by atoms with Gasteiger partial charge in [0.15, 0.2) is 6.61 Å². The van der Waals surface area contributed by atoms with E-state index >= 15 is 0 Å². The van der Waals surface area contributed by atoms with Crippen molar-refractivity contribution < 1.29 is 14.6 Å². The predicted octanol–water partition coefficient (Wildman–Crippen LogP) is 4.06. The van der Waals surface area contributed by atoms with Gasteiger partial charge in [-0.2, -0.15) is 5.10 Å². The molecule has 2 aromatic carbocycles. The van der Waals surface area contributed by atoms with E-state index in [0.29, 0.717) is 20.3 Å². The first kappa shape index (κ1) is 18.5. The van der Waals surface area contributed by atoms with Crippen LogP contribution in [0, 0.1) is 13.8 Å². The average molecular weight is 456 g/mol. The molecule has 0 aromatic heterocycles. The quantitative estimate of drug-likeness (QED) is 0.527. The molecule has 1 amide bonds. The minimum absolute atomic E-state index is 0.109. The van der Waals surface area contributed by atoms with Gasteiger partial charge in [-0.3, -0.25) is 4.79 Å². The van der Waals surface area contributed by atoms with Gasteiger partial charge in [0.2, 0.25) is 0 Å². The Hall–Kier alpha value is -1.86. The van der Waals surface area contributed by atoms with E-state index < -0.39 is 0 Å². The average Bonchev–Trinajstić information content (AvgIpc) is 2.52. The van der Waals surface area contributed by atoms with Gasteiger partial charge in [0.25, 0.3) is 5.91 Å². The molecule has 5 nitrogen and oxygen atoms in total. The lowest BCUT2D eigenvalue weighted by Crippen LogP contribution is -2.25. The third-order valence-electron chi connectivity index (χ3n) is 3.20. The summed E-state index contributed by atoms with van der Waals surface area (Å²) in [5, 5.41) is 13.5. The zero-order valence-electron chi connectivity index (χ0n) is 13.1. The lowest BCUT2D eigenvalue weighted by molar-refractivity contribution is -0.123. The van der Waals surface area contributed by atoms with Crippen molar-refractivity contribution in [1.82, 2.24) is 5.43 Å². The number of nitrogens with one attached hydrogen (secondary N) is 1. The van der Waals surface area contributed by atoms with Crippen LogP contribution in [0.1, 0.15) is 16.7 Å². The highest BCUT2D eigenvalue weighted by molar-refractivity contribution is 9.11. The van der Waals surface area contributed by atoms with Crippen LogP contribution in [0.15, 0.2) is 44.4 Å². The van der Waals surface area contributed by atoms with E-state index in [1.165, 1.54) is 6.21 Å². The summed E-state index contributed by atoms with van der Waals surface area (Å²) in [4.78, 5) is 11.8. The fourth-order valence-electron chi connectivity index (χ4n) is 2.04.